The molecule has 0 amide bonds. The van der Waals surface area contributed by atoms with E-state index < -0.39 is 9.84 Å². The second kappa shape index (κ2) is 4.52. The van der Waals surface area contributed by atoms with Gasteiger partial charge in [0.15, 0.2) is 21.3 Å². The number of benzene rings is 1. The van der Waals surface area contributed by atoms with E-state index in [2.05, 4.69) is 0 Å². The summed E-state index contributed by atoms with van der Waals surface area (Å²) >= 11 is 5.95. The molecule has 0 radical (unpaired) electrons. The molecular formula is C11H8ClNO4S. The molecule has 1 aromatic carbocycles. The van der Waals surface area contributed by atoms with Crippen LogP contribution in [-0.4, -0.2) is 21.5 Å². The van der Waals surface area contributed by atoms with Gasteiger partial charge in [-0.2, -0.15) is 5.26 Å². The molecule has 94 valence electrons. The minimum absolute atomic E-state index is 0.0689. The van der Waals surface area contributed by atoms with Crippen LogP contribution in [-0.2, 0) is 9.84 Å². The molecule has 0 spiro atoms. The second-order valence-corrected chi connectivity index (χ2v) is 6.02. The topological polar surface area (TPSA) is 76.4 Å². The largest absolute Gasteiger partial charge is 0.454 e. The first-order valence-corrected chi connectivity index (χ1v) is 7.10. The fraction of sp³-hybridized carbons (Fsp3) is 0.182. The summed E-state index contributed by atoms with van der Waals surface area (Å²) in [5.74, 6) is 0.853. The quantitative estimate of drug-likeness (QED) is 0.777. The zero-order chi connectivity index (χ0) is 13.3. The molecule has 0 saturated heterocycles. The van der Waals surface area contributed by atoms with Crippen molar-refractivity contribution in [3.8, 4) is 17.6 Å². The number of hydrogen-bond donors (Lipinski definition) is 0. The van der Waals surface area contributed by atoms with Gasteiger partial charge in [-0.3, -0.25) is 0 Å². The Labute approximate surface area is 109 Å². The molecular weight excluding hydrogens is 278 g/mol. The number of fused-ring (bicyclic) bond motifs is 1. The Balaban J connectivity index is 2.52. The molecule has 0 aromatic heterocycles. The van der Waals surface area contributed by atoms with Gasteiger partial charge >= 0.3 is 0 Å². The number of halogens is 1. The van der Waals surface area contributed by atoms with Gasteiger partial charge in [-0.25, -0.2) is 8.42 Å². The Hall–Kier alpha value is -1.71. The van der Waals surface area contributed by atoms with Crippen LogP contribution in [0.3, 0.4) is 0 Å². The number of nitriles is 1. The van der Waals surface area contributed by atoms with Crippen LogP contribution in [0.25, 0.3) is 6.08 Å². The molecule has 0 aliphatic carbocycles. The Morgan fingerprint density at radius 3 is 2.83 bits per heavy atom. The first-order valence-electron chi connectivity index (χ1n) is 4.83. The fourth-order valence-electron chi connectivity index (χ4n) is 1.44. The van der Waals surface area contributed by atoms with Crippen molar-refractivity contribution in [1.29, 1.82) is 5.26 Å². The Morgan fingerprint density at radius 1 is 1.50 bits per heavy atom. The molecule has 0 fully saturated rings. The predicted octanol–water partition coefficient (Wildman–Crippen LogP) is 1.98. The predicted molar refractivity (Wildman–Crippen MR) is 66.0 cm³/mol. The maximum Gasteiger partial charge on any atom is 0.231 e. The van der Waals surface area contributed by atoms with E-state index in [1.165, 1.54) is 12.1 Å². The van der Waals surface area contributed by atoms with Crippen molar-refractivity contribution < 1.29 is 17.9 Å². The first-order chi connectivity index (χ1) is 8.41. The average Bonchev–Trinajstić information content (AvgIpc) is 2.72. The van der Waals surface area contributed by atoms with Crippen LogP contribution >= 0.6 is 11.6 Å². The molecule has 0 saturated carbocycles. The molecule has 18 heavy (non-hydrogen) atoms. The fourth-order valence-corrected chi connectivity index (χ4v) is 2.23. The van der Waals surface area contributed by atoms with Crippen molar-refractivity contribution in [3.05, 3.63) is 27.6 Å². The van der Waals surface area contributed by atoms with E-state index in [1.54, 1.807) is 12.1 Å². The molecule has 7 heteroatoms. The zero-order valence-electron chi connectivity index (χ0n) is 9.31. The molecule has 1 aromatic rings. The molecule has 2 rings (SSSR count). The van der Waals surface area contributed by atoms with E-state index in [1.807, 2.05) is 0 Å². The third-order valence-corrected chi connectivity index (χ3v) is 3.55. The highest BCUT2D eigenvalue weighted by molar-refractivity contribution is 7.95. The van der Waals surface area contributed by atoms with Gasteiger partial charge in [-0.05, 0) is 23.8 Å². The van der Waals surface area contributed by atoms with Crippen molar-refractivity contribution in [2.45, 2.75) is 0 Å². The molecule has 1 aliphatic rings. The second-order valence-electron chi connectivity index (χ2n) is 3.63. The van der Waals surface area contributed by atoms with Crippen LogP contribution < -0.4 is 9.47 Å². The maximum absolute atomic E-state index is 11.3. The lowest BCUT2D eigenvalue weighted by Gasteiger charge is -2.02. The van der Waals surface area contributed by atoms with E-state index in [4.69, 9.17) is 26.3 Å². The molecule has 5 nitrogen and oxygen atoms in total. The number of nitrogens with zero attached hydrogens (tertiary/aromatic N) is 1. The number of rotatable bonds is 2. The Bertz CT molecular complexity index is 673. The van der Waals surface area contributed by atoms with Gasteiger partial charge in [0.05, 0.1) is 5.02 Å². The van der Waals surface area contributed by atoms with E-state index in [-0.39, 0.29) is 11.7 Å². The molecule has 1 heterocycles. The lowest BCUT2D eigenvalue weighted by Crippen LogP contribution is -1.98. The normalized spacial score (nSPS) is 14.4. The van der Waals surface area contributed by atoms with Crippen LogP contribution in [0, 0.1) is 11.3 Å². The summed E-state index contributed by atoms with van der Waals surface area (Å²) in [4.78, 5) is -0.336. The summed E-state index contributed by atoms with van der Waals surface area (Å²) in [6.07, 6.45) is 2.21. The third kappa shape index (κ3) is 2.42. The molecule has 1 aliphatic heterocycles. The first kappa shape index (κ1) is 12.7. The van der Waals surface area contributed by atoms with Gasteiger partial charge in [-0.15, -0.1) is 0 Å². The number of ether oxygens (including phenoxy) is 2. The van der Waals surface area contributed by atoms with Gasteiger partial charge in [0, 0.05) is 6.26 Å². The van der Waals surface area contributed by atoms with Gasteiger partial charge in [0.25, 0.3) is 0 Å². The monoisotopic (exact) mass is 285 g/mol. The van der Waals surface area contributed by atoms with E-state index in [0.717, 1.165) is 6.26 Å². The summed E-state index contributed by atoms with van der Waals surface area (Å²) in [7, 11) is -3.56. The zero-order valence-corrected chi connectivity index (χ0v) is 10.9. The Kier molecular flexibility index (Phi) is 3.20. The number of hydrogen-bond acceptors (Lipinski definition) is 5. The SMILES string of the molecule is CS(=O)(=O)/C(C#N)=C/c1cc(Cl)c2c(c1)OCO2. The van der Waals surface area contributed by atoms with Gasteiger partial charge in [0.1, 0.15) is 11.0 Å². The van der Waals surface area contributed by atoms with E-state index >= 15 is 0 Å². The number of sulfone groups is 1. The van der Waals surface area contributed by atoms with Crippen LogP contribution in [0.1, 0.15) is 5.56 Å². The maximum atomic E-state index is 11.3. The molecule has 0 atom stereocenters. The van der Waals surface area contributed by atoms with Crippen molar-refractivity contribution in [3.63, 3.8) is 0 Å². The minimum Gasteiger partial charge on any atom is -0.454 e. The van der Waals surface area contributed by atoms with Crippen LogP contribution in [0.15, 0.2) is 17.0 Å². The van der Waals surface area contributed by atoms with Crippen LogP contribution in [0.5, 0.6) is 11.5 Å². The summed E-state index contributed by atoms with van der Waals surface area (Å²) < 4.78 is 32.9. The highest BCUT2D eigenvalue weighted by atomic mass is 35.5. The van der Waals surface area contributed by atoms with Gasteiger partial charge in [0.2, 0.25) is 6.79 Å². The summed E-state index contributed by atoms with van der Waals surface area (Å²) in [5.41, 5.74) is 0.464. The lowest BCUT2D eigenvalue weighted by atomic mass is 10.2. The minimum atomic E-state index is -3.56. The van der Waals surface area contributed by atoms with E-state index in [9.17, 15) is 8.42 Å². The van der Waals surface area contributed by atoms with Crippen molar-refractivity contribution in [1.82, 2.24) is 0 Å². The molecule has 0 unspecified atom stereocenters. The lowest BCUT2D eigenvalue weighted by molar-refractivity contribution is 0.174. The smallest absolute Gasteiger partial charge is 0.231 e. The standard InChI is InChI=1S/C11H8ClNO4S/c1-18(14,15)8(5-13)2-7-3-9(12)11-10(4-7)16-6-17-11/h2-4H,6H2,1H3/b8-2+. The number of allylic oxidation sites excluding steroid dienone is 1. The highest BCUT2D eigenvalue weighted by Crippen LogP contribution is 2.40. The molecule has 0 bridgehead atoms. The third-order valence-electron chi connectivity index (χ3n) is 2.26. The van der Waals surface area contributed by atoms with Crippen molar-refractivity contribution >= 4 is 27.5 Å². The molecule has 0 N–H and O–H groups in total. The average molecular weight is 286 g/mol. The van der Waals surface area contributed by atoms with Crippen molar-refractivity contribution in [2.75, 3.05) is 13.0 Å². The van der Waals surface area contributed by atoms with Crippen LogP contribution in [0.2, 0.25) is 5.02 Å². The summed E-state index contributed by atoms with van der Waals surface area (Å²) in [6, 6.07) is 4.71. The van der Waals surface area contributed by atoms with Gasteiger partial charge in [-0.1, -0.05) is 11.6 Å². The van der Waals surface area contributed by atoms with E-state index in [0.29, 0.717) is 22.1 Å². The van der Waals surface area contributed by atoms with Crippen LogP contribution in [0.4, 0.5) is 0 Å². The van der Waals surface area contributed by atoms with Gasteiger partial charge < -0.3 is 9.47 Å². The van der Waals surface area contributed by atoms with Crippen molar-refractivity contribution in [2.24, 2.45) is 0 Å². The highest BCUT2D eigenvalue weighted by Gasteiger charge is 2.18. The summed E-state index contributed by atoms with van der Waals surface area (Å²) in [6.45, 7) is 0.0689. The Morgan fingerprint density at radius 2 is 2.22 bits per heavy atom. The summed E-state index contributed by atoms with van der Waals surface area (Å²) in [5, 5.41) is 9.11.